The Morgan fingerprint density at radius 3 is 2.82 bits per heavy atom. The second-order valence-electron chi connectivity index (χ2n) is 2.01. The van der Waals surface area contributed by atoms with E-state index in [-0.39, 0.29) is 5.33 Å². The van der Waals surface area contributed by atoms with E-state index in [1.165, 1.54) is 6.07 Å². The summed E-state index contributed by atoms with van der Waals surface area (Å²) in [4.78, 5) is 21.7. The number of carbonyl (C=O) groups excluding carboxylic acids is 1. The molecule has 0 atom stereocenters. The third-order valence-electron chi connectivity index (χ3n) is 1.10. The first kappa shape index (κ1) is 8.26. The molecule has 0 saturated carbocycles. The van der Waals surface area contributed by atoms with Crippen LogP contribution in [-0.4, -0.2) is 16.0 Å². The first-order valence-corrected chi connectivity index (χ1v) is 4.06. The number of aromatic nitrogens is 1. The van der Waals surface area contributed by atoms with Crippen molar-refractivity contribution in [3.05, 3.63) is 22.2 Å². The molecule has 1 rings (SSSR count). The predicted molar refractivity (Wildman–Crippen MR) is 42.1 cm³/mol. The van der Waals surface area contributed by atoms with Gasteiger partial charge in [0.25, 0.3) is 11.5 Å². The summed E-state index contributed by atoms with van der Waals surface area (Å²) < 4.78 is 5.52. The van der Waals surface area contributed by atoms with E-state index >= 15 is 0 Å². The molecule has 5 heteroatoms. The van der Waals surface area contributed by atoms with Gasteiger partial charge < -0.3 is 4.52 Å². The molecule has 1 aromatic heterocycles. The number of hydrogen-bond donors (Lipinski definition) is 0. The molecule has 0 aliphatic rings. The molecule has 0 fully saturated rings. The zero-order valence-corrected chi connectivity index (χ0v) is 7.42. The van der Waals surface area contributed by atoms with Crippen LogP contribution in [0.4, 0.5) is 0 Å². The fourth-order valence-corrected chi connectivity index (χ4v) is 0.904. The van der Waals surface area contributed by atoms with Crippen molar-refractivity contribution in [1.29, 1.82) is 0 Å². The van der Waals surface area contributed by atoms with Crippen LogP contribution in [0.2, 0.25) is 0 Å². The minimum atomic E-state index is -0.424. The van der Waals surface area contributed by atoms with Crippen LogP contribution in [0.25, 0.3) is 0 Å². The molecule has 0 radical (unpaired) electrons. The first-order chi connectivity index (χ1) is 5.15. The molecule has 0 aromatic carbocycles. The summed E-state index contributed by atoms with van der Waals surface area (Å²) in [6.07, 6.45) is 0. The van der Waals surface area contributed by atoms with Crippen molar-refractivity contribution < 1.29 is 9.32 Å². The van der Waals surface area contributed by atoms with Crippen molar-refractivity contribution in [1.82, 2.24) is 4.74 Å². The van der Waals surface area contributed by atoms with Crippen molar-refractivity contribution in [2.45, 2.75) is 6.92 Å². The lowest BCUT2D eigenvalue weighted by atomic mass is 10.5. The number of rotatable bonds is 1. The molecule has 0 unspecified atom stereocenters. The first-order valence-electron chi connectivity index (χ1n) is 2.94. The molecule has 60 valence electrons. The van der Waals surface area contributed by atoms with Crippen LogP contribution in [0.1, 0.15) is 10.6 Å². The summed E-state index contributed by atoms with van der Waals surface area (Å²) in [5.74, 6) is 0.0346. The zero-order valence-electron chi connectivity index (χ0n) is 5.83. The van der Waals surface area contributed by atoms with E-state index in [0.717, 1.165) is 4.74 Å². The molecular weight excluding hydrogens is 214 g/mol. The van der Waals surface area contributed by atoms with Gasteiger partial charge in [0.15, 0.2) is 0 Å². The van der Waals surface area contributed by atoms with Gasteiger partial charge in [-0.1, -0.05) is 15.9 Å². The molecule has 1 heterocycles. The largest absolute Gasteiger partial charge is 0.373 e. The van der Waals surface area contributed by atoms with Gasteiger partial charge in [-0.05, 0) is 6.92 Å². The average Bonchev–Trinajstić information content (AvgIpc) is 2.28. The van der Waals surface area contributed by atoms with Gasteiger partial charge in [-0.25, -0.2) is 0 Å². The summed E-state index contributed by atoms with van der Waals surface area (Å²) in [6.45, 7) is 1.61. The second kappa shape index (κ2) is 3.04. The lowest BCUT2D eigenvalue weighted by Gasteiger charge is -1.91. The fourth-order valence-electron chi connectivity index (χ4n) is 0.676. The van der Waals surface area contributed by atoms with Crippen LogP contribution in [0.3, 0.4) is 0 Å². The Morgan fingerprint density at radius 2 is 2.45 bits per heavy atom. The van der Waals surface area contributed by atoms with Gasteiger partial charge in [0.05, 0.1) is 5.33 Å². The number of hydrogen-bond acceptors (Lipinski definition) is 3. The maximum atomic E-state index is 10.9. The fraction of sp³-hybridized carbons (Fsp3) is 0.333. The Balaban J connectivity index is 3.13. The number of halogens is 1. The number of carbonyl (C=O) groups is 1. The summed E-state index contributed by atoms with van der Waals surface area (Å²) >= 11 is 2.93. The average molecular weight is 220 g/mol. The molecule has 0 spiro atoms. The molecule has 4 nitrogen and oxygen atoms in total. The van der Waals surface area contributed by atoms with Gasteiger partial charge in [-0.3, -0.25) is 9.59 Å². The minimum Gasteiger partial charge on any atom is -0.373 e. The highest BCUT2D eigenvalue weighted by Gasteiger charge is 2.08. The van der Waals surface area contributed by atoms with Crippen molar-refractivity contribution in [3.8, 4) is 0 Å². The van der Waals surface area contributed by atoms with E-state index in [1.807, 2.05) is 0 Å². The summed E-state index contributed by atoms with van der Waals surface area (Å²) in [5, 5.41) is 0.0832. The molecule has 1 aromatic rings. The van der Waals surface area contributed by atoms with Crippen LogP contribution >= 0.6 is 15.9 Å². The quantitative estimate of drug-likeness (QED) is 0.657. The SMILES string of the molecule is Cc1cc(=O)n(C(=O)CBr)o1. The lowest BCUT2D eigenvalue weighted by molar-refractivity contribution is 0.0815. The number of nitrogens with zero attached hydrogens (tertiary/aromatic N) is 1. The van der Waals surface area contributed by atoms with Crippen molar-refractivity contribution in [3.63, 3.8) is 0 Å². The highest BCUT2D eigenvalue weighted by Crippen LogP contribution is 1.93. The maximum absolute atomic E-state index is 10.9. The van der Waals surface area contributed by atoms with Crippen LogP contribution < -0.4 is 5.56 Å². The summed E-state index contributed by atoms with van der Waals surface area (Å²) in [6, 6.07) is 1.26. The van der Waals surface area contributed by atoms with Crippen LogP contribution in [0.15, 0.2) is 15.4 Å². The van der Waals surface area contributed by atoms with Crippen molar-refractivity contribution >= 4 is 21.8 Å². The Bertz CT molecular complexity index is 325. The smallest absolute Gasteiger partial charge is 0.290 e. The van der Waals surface area contributed by atoms with Gasteiger partial charge in [0, 0.05) is 6.07 Å². The minimum absolute atomic E-state index is 0.0832. The third-order valence-corrected chi connectivity index (χ3v) is 1.58. The molecule has 0 N–H and O–H groups in total. The maximum Gasteiger partial charge on any atom is 0.290 e. The van der Waals surface area contributed by atoms with Gasteiger partial charge >= 0.3 is 0 Å². The van der Waals surface area contributed by atoms with Gasteiger partial charge in [0.2, 0.25) is 0 Å². The van der Waals surface area contributed by atoms with Crippen molar-refractivity contribution in [2.75, 3.05) is 5.33 Å². The Hall–Kier alpha value is -0.840. The molecule has 0 aliphatic carbocycles. The van der Waals surface area contributed by atoms with E-state index in [2.05, 4.69) is 15.9 Å². The third kappa shape index (κ3) is 1.59. The Morgan fingerprint density at radius 1 is 1.82 bits per heavy atom. The molecular formula is C6H6BrNO3. The highest BCUT2D eigenvalue weighted by molar-refractivity contribution is 9.09. The molecule has 0 amide bonds. The molecule has 0 saturated heterocycles. The van der Waals surface area contributed by atoms with Crippen LogP contribution in [-0.2, 0) is 0 Å². The van der Waals surface area contributed by atoms with E-state index in [0.29, 0.717) is 5.76 Å². The highest BCUT2D eigenvalue weighted by atomic mass is 79.9. The Kier molecular flexibility index (Phi) is 2.28. The van der Waals surface area contributed by atoms with Crippen LogP contribution in [0.5, 0.6) is 0 Å². The van der Waals surface area contributed by atoms with Crippen molar-refractivity contribution in [2.24, 2.45) is 0 Å². The zero-order chi connectivity index (χ0) is 8.43. The van der Waals surface area contributed by atoms with E-state index < -0.39 is 11.5 Å². The topological polar surface area (TPSA) is 52.2 Å². The molecule has 11 heavy (non-hydrogen) atoms. The van der Waals surface area contributed by atoms with Gasteiger partial charge in [0.1, 0.15) is 5.76 Å². The monoisotopic (exact) mass is 219 g/mol. The van der Waals surface area contributed by atoms with Gasteiger partial charge in [-0.2, -0.15) is 0 Å². The number of aryl methyl sites for hydroxylation is 1. The summed E-state index contributed by atoms with van der Waals surface area (Å²) in [7, 11) is 0. The normalized spacial score (nSPS) is 10.0. The number of alkyl halides is 1. The standard InChI is InChI=1S/C6H6BrNO3/c1-4-2-5(9)8(11-4)6(10)3-7/h2H,3H2,1H3. The molecule has 0 bridgehead atoms. The Labute approximate surface area is 70.9 Å². The van der Waals surface area contributed by atoms with E-state index in [4.69, 9.17) is 4.52 Å². The second-order valence-corrected chi connectivity index (χ2v) is 2.57. The van der Waals surface area contributed by atoms with Gasteiger partial charge in [-0.15, -0.1) is 4.74 Å². The lowest BCUT2D eigenvalue weighted by Crippen LogP contribution is -2.22. The summed E-state index contributed by atoms with van der Waals surface area (Å²) in [5.41, 5.74) is -0.424. The molecule has 0 aliphatic heterocycles. The van der Waals surface area contributed by atoms with E-state index in [1.54, 1.807) is 6.92 Å². The predicted octanol–water partition coefficient (Wildman–Crippen LogP) is 0.785. The van der Waals surface area contributed by atoms with E-state index in [9.17, 15) is 9.59 Å². The van der Waals surface area contributed by atoms with Crippen LogP contribution in [0, 0.1) is 6.92 Å².